The average Bonchev–Trinajstić information content (AvgIpc) is 3.22. The van der Waals surface area contributed by atoms with Crippen LogP contribution in [0.5, 0.6) is 0 Å². The minimum absolute atomic E-state index is 0.0872. The third-order valence-electron chi connectivity index (χ3n) is 4.56. The Balaban J connectivity index is 1.69. The molecule has 0 aromatic carbocycles. The van der Waals surface area contributed by atoms with Gasteiger partial charge in [0.25, 0.3) is 0 Å². The van der Waals surface area contributed by atoms with Crippen LogP contribution >= 0.6 is 0 Å². The summed E-state index contributed by atoms with van der Waals surface area (Å²) in [6.07, 6.45) is 10.1. The first-order valence-corrected chi connectivity index (χ1v) is 8.14. The molecule has 0 saturated carbocycles. The van der Waals surface area contributed by atoms with Gasteiger partial charge in [0.1, 0.15) is 11.2 Å². The minimum atomic E-state index is -0.157. The molecule has 25 heavy (non-hydrogen) atoms. The SMILES string of the molecule is O=c1[nH]c2cnc(-c3cnc4cnccn34)nc2n1C1CCOCC1. The third-order valence-corrected chi connectivity index (χ3v) is 4.56. The van der Waals surface area contributed by atoms with Gasteiger partial charge in [0.2, 0.25) is 0 Å². The molecule has 0 amide bonds. The van der Waals surface area contributed by atoms with Crippen LogP contribution in [-0.4, -0.2) is 47.1 Å². The van der Waals surface area contributed by atoms with E-state index >= 15 is 0 Å². The summed E-state index contributed by atoms with van der Waals surface area (Å²) in [4.78, 5) is 32.7. The summed E-state index contributed by atoms with van der Waals surface area (Å²) in [5, 5.41) is 0. The minimum Gasteiger partial charge on any atom is -0.381 e. The van der Waals surface area contributed by atoms with Crippen molar-refractivity contribution in [2.24, 2.45) is 0 Å². The topological polar surface area (TPSA) is 103 Å². The molecule has 9 heteroatoms. The van der Waals surface area contributed by atoms with Gasteiger partial charge in [0, 0.05) is 31.6 Å². The number of H-pyrrole nitrogens is 1. The van der Waals surface area contributed by atoms with Crippen LogP contribution in [0.4, 0.5) is 0 Å². The molecular formula is C16H15N7O2. The van der Waals surface area contributed by atoms with Crippen molar-refractivity contribution in [3.8, 4) is 11.5 Å². The molecule has 1 saturated heterocycles. The normalized spacial score (nSPS) is 16.0. The van der Waals surface area contributed by atoms with E-state index in [2.05, 4.69) is 24.9 Å². The van der Waals surface area contributed by atoms with Gasteiger partial charge >= 0.3 is 5.69 Å². The molecule has 0 radical (unpaired) electrons. The maximum atomic E-state index is 12.4. The number of fused-ring (bicyclic) bond motifs is 2. The van der Waals surface area contributed by atoms with Crippen molar-refractivity contribution in [3.05, 3.63) is 41.5 Å². The fourth-order valence-corrected chi connectivity index (χ4v) is 3.33. The van der Waals surface area contributed by atoms with Gasteiger partial charge in [-0.2, -0.15) is 0 Å². The highest BCUT2D eigenvalue weighted by Gasteiger charge is 2.22. The quantitative estimate of drug-likeness (QED) is 0.589. The van der Waals surface area contributed by atoms with E-state index in [4.69, 9.17) is 4.74 Å². The Morgan fingerprint density at radius 2 is 2.04 bits per heavy atom. The number of hydrogen-bond acceptors (Lipinski definition) is 6. The summed E-state index contributed by atoms with van der Waals surface area (Å²) in [6, 6.07) is 0.0872. The largest absolute Gasteiger partial charge is 0.381 e. The van der Waals surface area contributed by atoms with Gasteiger partial charge in [-0.05, 0) is 12.8 Å². The maximum absolute atomic E-state index is 12.4. The van der Waals surface area contributed by atoms with E-state index in [0.29, 0.717) is 30.2 Å². The van der Waals surface area contributed by atoms with E-state index in [9.17, 15) is 4.79 Å². The van der Waals surface area contributed by atoms with Crippen molar-refractivity contribution in [2.75, 3.05) is 13.2 Å². The average molecular weight is 337 g/mol. The number of nitrogens with one attached hydrogen (secondary N) is 1. The lowest BCUT2D eigenvalue weighted by molar-refractivity contribution is 0.0697. The van der Waals surface area contributed by atoms with Gasteiger partial charge in [-0.1, -0.05) is 0 Å². The third kappa shape index (κ3) is 2.23. The van der Waals surface area contributed by atoms with Crippen LogP contribution in [-0.2, 0) is 4.74 Å². The summed E-state index contributed by atoms with van der Waals surface area (Å²) in [5.74, 6) is 0.519. The lowest BCUT2D eigenvalue weighted by Crippen LogP contribution is -2.27. The molecule has 0 aliphatic carbocycles. The second-order valence-corrected chi connectivity index (χ2v) is 6.02. The summed E-state index contributed by atoms with van der Waals surface area (Å²) in [7, 11) is 0. The summed E-state index contributed by atoms with van der Waals surface area (Å²) in [5.41, 5.74) is 2.57. The van der Waals surface area contributed by atoms with Crippen molar-refractivity contribution in [2.45, 2.75) is 18.9 Å². The first kappa shape index (κ1) is 14.3. The number of imidazole rings is 2. The monoisotopic (exact) mass is 337 g/mol. The van der Waals surface area contributed by atoms with Crippen LogP contribution in [0.25, 0.3) is 28.3 Å². The molecule has 5 rings (SSSR count). The zero-order chi connectivity index (χ0) is 16.8. The maximum Gasteiger partial charge on any atom is 0.327 e. The molecule has 1 aliphatic rings. The number of aromatic nitrogens is 7. The predicted octanol–water partition coefficient (Wildman–Crippen LogP) is 1.18. The van der Waals surface area contributed by atoms with Crippen LogP contribution in [0.1, 0.15) is 18.9 Å². The Morgan fingerprint density at radius 1 is 1.16 bits per heavy atom. The molecule has 1 aliphatic heterocycles. The van der Waals surface area contributed by atoms with Gasteiger partial charge in [0.15, 0.2) is 17.1 Å². The Labute approximate surface area is 141 Å². The first-order valence-electron chi connectivity index (χ1n) is 8.14. The molecule has 126 valence electrons. The van der Waals surface area contributed by atoms with E-state index in [1.807, 2.05) is 10.6 Å². The van der Waals surface area contributed by atoms with Crippen LogP contribution in [0.2, 0.25) is 0 Å². The van der Waals surface area contributed by atoms with Crippen molar-refractivity contribution in [3.63, 3.8) is 0 Å². The van der Waals surface area contributed by atoms with E-state index < -0.39 is 0 Å². The van der Waals surface area contributed by atoms with Gasteiger partial charge in [-0.25, -0.2) is 19.7 Å². The molecule has 5 heterocycles. The summed E-state index contributed by atoms with van der Waals surface area (Å²) >= 11 is 0. The van der Waals surface area contributed by atoms with Crippen molar-refractivity contribution in [1.82, 2.24) is 33.9 Å². The Morgan fingerprint density at radius 3 is 2.92 bits per heavy atom. The Hall–Kier alpha value is -3.07. The number of rotatable bonds is 2. The number of nitrogens with zero attached hydrogens (tertiary/aromatic N) is 6. The van der Waals surface area contributed by atoms with Gasteiger partial charge in [0.05, 0.1) is 18.6 Å². The van der Waals surface area contributed by atoms with Crippen molar-refractivity contribution in [1.29, 1.82) is 0 Å². The smallest absolute Gasteiger partial charge is 0.327 e. The number of aromatic amines is 1. The number of hydrogen-bond donors (Lipinski definition) is 1. The highest BCUT2D eigenvalue weighted by atomic mass is 16.5. The molecule has 1 N–H and O–H groups in total. The van der Waals surface area contributed by atoms with Crippen LogP contribution in [0.15, 0.2) is 35.8 Å². The summed E-state index contributed by atoms with van der Waals surface area (Å²) in [6.45, 7) is 1.31. The van der Waals surface area contributed by atoms with E-state index in [1.54, 1.807) is 29.4 Å². The van der Waals surface area contributed by atoms with Gasteiger partial charge in [-0.3, -0.25) is 14.0 Å². The van der Waals surface area contributed by atoms with Gasteiger partial charge in [-0.15, -0.1) is 0 Å². The first-order chi connectivity index (χ1) is 12.3. The van der Waals surface area contributed by atoms with E-state index in [0.717, 1.165) is 24.2 Å². The van der Waals surface area contributed by atoms with Crippen LogP contribution < -0.4 is 5.69 Å². The van der Waals surface area contributed by atoms with E-state index in [-0.39, 0.29) is 11.7 Å². The lowest BCUT2D eigenvalue weighted by atomic mass is 10.1. The molecule has 0 spiro atoms. The lowest BCUT2D eigenvalue weighted by Gasteiger charge is -2.22. The number of ether oxygens (including phenoxy) is 1. The molecule has 0 unspecified atom stereocenters. The summed E-state index contributed by atoms with van der Waals surface area (Å²) < 4.78 is 9.01. The van der Waals surface area contributed by atoms with Crippen molar-refractivity contribution < 1.29 is 4.74 Å². The van der Waals surface area contributed by atoms with Crippen LogP contribution in [0.3, 0.4) is 0 Å². The van der Waals surface area contributed by atoms with Gasteiger partial charge < -0.3 is 9.72 Å². The molecule has 9 nitrogen and oxygen atoms in total. The molecular weight excluding hydrogens is 322 g/mol. The predicted molar refractivity (Wildman–Crippen MR) is 89.2 cm³/mol. The second-order valence-electron chi connectivity index (χ2n) is 6.02. The second kappa shape index (κ2) is 5.49. The molecule has 4 aromatic heterocycles. The fraction of sp³-hybridized carbons (Fsp3) is 0.312. The Kier molecular flexibility index (Phi) is 3.14. The highest BCUT2D eigenvalue weighted by molar-refractivity contribution is 5.72. The highest BCUT2D eigenvalue weighted by Crippen LogP contribution is 2.24. The zero-order valence-electron chi connectivity index (χ0n) is 13.3. The Bertz CT molecular complexity index is 1120. The van der Waals surface area contributed by atoms with E-state index in [1.165, 1.54) is 0 Å². The molecule has 1 fully saturated rings. The molecule has 0 atom stereocenters. The van der Waals surface area contributed by atoms with Crippen molar-refractivity contribution >= 4 is 16.8 Å². The zero-order valence-corrected chi connectivity index (χ0v) is 13.3. The molecule has 4 aromatic rings. The fourth-order valence-electron chi connectivity index (χ4n) is 3.33. The standard InChI is InChI=1S/C16H15N7O2/c24-16-20-11-7-19-14(12-8-18-13-9-17-3-4-22(12)13)21-15(11)23(16)10-1-5-25-6-2-10/h3-4,7-10H,1-2,5-6H2,(H,20,24). The van der Waals surface area contributed by atoms with Crippen LogP contribution in [0, 0.1) is 0 Å². The molecule has 0 bridgehead atoms.